The van der Waals surface area contributed by atoms with Crippen molar-refractivity contribution in [1.82, 2.24) is 30.1 Å². The smallest absolute Gasteiger partial charge is 0.223 e. The number of hydrogen-bond acceptors (Lipinski definition) is 9. The Morgan fingerprint density at radius 1 is 1.09 bits per heavy atom. The van der Waals surface area contributed by atoms with Gasteiger partial charge >= 0.3 is 0 Å². The Labute approximate surface area is 197 Å². The van der Waals surface area contributed by atoms with E-state index >= 15 is 0 Å². The van der Waals surface area contributed by atoms with E-state index in [0.717, 1.165) is 48.7 Å². The molecule has 5 rings (SSSR count). The summed E-state index contributed by atoms with van der Waals surface area (Å²) >= 11 is 0. The summed E-state index contributed by atoms with van der Waals surface area (Å²) in [7, 11) is 0. The standard InChI is InChI=1S/C24H30N10/c25-12-8-18(15-4-2-1-3-5-15)30-23-28-13-9-19(31-23)20-17-14-29-22(32-21(17)34-33-20)24(27)10-6-16(26)7-11-24/h1-5,9,13-14,16,18H,6-8,10-12,25-27H2,(H,28,30,31)(H,29,32,33,34). The monoisotopic (exact) mass is 458 g/mol. The zero-order chi connectivity index (χ0) is 23.5. The van der Waals surface area contributed by atoms with Crippen LogP contribution in [0.25, 0.3) is 22.4 Å². The average molecular weight is 459 g/mol. The number of fused-ring (bicyclic) bond motifs is 1. The Bertz CT molecular complexity index is 1250. The van der Waals surface area contributed by atoms with E-state index in [1.54, 1.807) is 12.4 Å². The molecule has 10 heteroatoms. The molecule has 1 aromatic carbocycles. The molecule has 3 aromatic heterocycles. The highest BCUT2D eigenvalue weighted by atomic mass is 15.2. The summed E-state index contributed by atoms with van der Waals surface area (Å²) in [6.07, 6.45) is 7.52. The van der Waals surface area contributed by atoms with Gasteiger partial charge in [0.25, 0.3) is 0 Å². The van der Waals surface area contributed by atoms with Crippen LogP contribution in [0, 0.1) is 0 Å². The molecule has 1 aliphatic carbocycles. The summed E-state index contributed by atoms with van der Waals surface area (Å²) in [6.45, 7) is 0.547. The molecule has 1 fully saturated rings. The second kappa shape index (κ2) is 9.41. The Hall–Kier alpha value is -3.47. The summed E-state index contributed by atoms with van der Waals surface area (Å²) in [6, 6.07) is 12.2. The quantitative estimate of drug-likeness (QED) is 0.279. The molecule has 0 radical (unpaired) electrons. The SMILES string of the molecule is NCCC(Nc1nccc(-c2[nH]nc3nc(C4(N)CCC(N)CC4)ncc23)n1)c1ccccc1. The van der Waals surface area contributed by atoms with E-state index in [-0.39, 0.29) is 12.1 Å². The van der Waals surface area contributed by atoms with Crippen LogP contribution in [0.1, 0.15) is 49.5 Å². The molecule has 4 aromatic rings. The maximum atomic E-state index is 6.63. The molecule has 0 spiro atoms. The van der Waals surface area contributed by atoms with Crippen LogP contribution in [0.2, 0.25) is 0 Å². The number of rotatable bonds is 7. The second-order valence-corrected chi connectivity index (χ2v) is 8.97. The average Bonchev–Trinajstić information content (AvgIpc) is 3.30. The third-order valence-electron chi connectivity index (χ3n) is 6.55. The molecule has 1 unspecified atom stereocenters. The lowest BCUT2D eigenvalue weighted by molar-refractivity contribution is 0.265. The van der Waals surface area contributed by atoms with Crippen molar-refractivity contribution in [2.75, 3.05) is 11.9 Å². The van der Waals surface area contributed by atoms with Gasteiger partial charge < -0.3 is 22.5 Å². The molecule has 34 heavy (non-hydrogen) atoms. The highest BCUT2D eigenvalue weighted by Crippen LogP contribution is 2.33. The fraction of sp³-hybridized carbons (Fsp3) is 0.375. The number of hydrogen-bond donors (Lipinski definition) is 5. The van der Waals surface area contributed by atoms with E-state index in [9.17, 15) is 0 Å². The van der Waals surface area contributed by atoms with Crippen molar-refractivity contribution in [1.29, 1.82) is 0 Å². The van der Waals surface area contributed by atoms with Gasteiger partial charge in [0, 0.05) is 18.4 Å². The first-order chi connectivity index (χ1) is 16.6. The van der Waals surface area contributed by atoms with Crippen LogP contribution in [-0.4, -0.2) is 42.7 Å². The summed E-state index contributed by atoms with van der Waals surface area (Å²) in [5.41, 5.74) is 21.1. The minimum absolute atomic E-state index is 0.00945. The van der Waals surface area contributed by atoms with Crippen LogP contribution in [-0.2, 0) is 5.54 Å². The third kappa shape index (κ3) is 4.47. The van der Waals surface area contributed by atoms with E-state index in [0.29, 0.717) is 29.7 Å². The number of H-pyrrole nitrogens is 1. The molecule has 10 nitrogen and oxygen atoms in total. The molecule has 3 heterocycles. The predicted octanol–water partition coefficient (Wildman–Crippen LogP) is 2.37. The predicted molar refractivity (Wildman–Crippen MR) is 131 cm³/mol. The van der Waals surface area contributed by atoms with Gasteiger partial charge in [-0.15, -0.1) is 0 Å². The number of benzene rings is 1. The molecule has 0 amide bonds. The van der Waals surface area contributed by atoms with Gasteiger partial charge in [0.05, 0.1) is 28.4 Å². The van der Waals surface area contributed by atoms with Gasteiger partial charge in [0.2, 0.25) is 5.95 Å². The highest BCUT2D eigenvalue weighted by molar-refractivity contribution is 5.89. The first-order valence-corrected chi connectivity index (χ1v) is 11.7. The second-order valence-electron chi connectivity index (χ2n) is 8.97. The molecule has 1 atom stereocenters. The maximum Gasteiger partial charge on any atom is 0.223 e. The van der Waals surface area contributed by atoms with Crippen molar-refractivity contribution in [2.24, 2.45) is 17.2 Å². The number of nitrogens with one attached hydrogen (secondary N) is 2. The molecular formula is C24H30N10. The van der Waals surface area contributed by atoms with Crippen LogP contribution < -0.4 is 22.5 Å². The van der Waals surface area contributed by atoms with Crippen molar-refractivity contribution < 1.29 is 0 Å². The molecule has 1 aliphatic rings. The van der Waals surface area contributed by atoms with Gasteiger partial charge in [-0.1, -0.05) is 30.3 Å². The molecule has 176 valence electrons. The molecule has 8 N–H and O–H groups in total. The maximum absolute atomic E-state index is 6.63. The summed E-state index contributed by atoms with van der Waals surface area (Å²) in [5.74, 6) is 1.13. The first-order valence-electron chi connectivity index (χ1n) is 11.7. The van der Waals surface area contributed by atoms with Crippen LogP contribution in [0.5, 0.6) is 0 Å². The lowest BCUT2D eigenvalue weighted by Gasteiger charge is -2.34. The number of nitrogens with two attached hydrogens (primary N) is 3. The van der Waals surface area contributed by atoms with Gasteiger partial charge in [-0.05, 0) is 50.3 Å². The zero-order valence-electron chi connectivity index (χ0n) is 19.0. The Balaban J connectivity index is 1.41. The fourth-order valence-electron chi connectivity index (χ4n) is 4.51. The largest absolute Gasteiger partial charge is 0.347 e. The summed E-state index contributed by atoms with van der Waals surface area (Å²) in [5, 5.41) is 11.7. The molecule has 0 saturated heterocycles. The van der Waals surface area contributed by atoms with Crippen LogP contribution in [0.15, 0.2) is 48.8 Å². The van der Waals surface area contributed by atoms with Crippen molar-refractivity contribution >= 4 is 17.0 Å². The fourth-order valence-corrected chi connectivity index (χ4v) is 4.51. The van der Waals surface area contributed by atoms with Crippen molar-refractivity contribution in [3.63, 3.8) is 0 Å². The third-order valence-corrected chi connectivity index (χ3v) is 6.55. The number of aromatic amines is 1. The van der Waals surface area contributed by atoms with Crippen LogP contribution in [0.3, 0.4) is 0 Å². The van der Waals surface area contributed by atoms with Crippen LogP contribution in [0.4, 0.5) is 5.95 Å². The minimum atomic E-state index is -0.565. The molecule has 0 bridgehead atoms. The van der Waals surface area contributed by atoms with E-state index in [2.05, 4.69) is 42.6 Å². The van der Waals surface area contributed by atoms with E-state index in [4.69, 9.17) is 22.2 Å². The normalized spacial score (nSPS) is 21.4. The topological polar surface area (TPSA) is 170 Å². The highest BCUT2D eigenvalue weighted by Gasteiger charge is 2.35. The van der Waals surface area contributed by atoms with Gasteiger partial charge in [-0.25, -0.2) is 19.9 Å². The molecule has 0 aliphatic heterocycles. The number of aromatic nitrogens is 6. The summed E-state index contributed by atoms with van der Waals surface area (Å²) in [4.78, 5) is 18.4. The van der Waals surface area contributed by atoms with Crippen molar-refractivity contribution in [3.8, 4) is 11.4 Å². The van der Waals surface area contributed by atoms with Gasteiger partial charge in [0.1, 0.15) is 0 Å². The van der Waals surface area contributed by atoms with E-state index < -0.39 is 5.54 Å². The van der Waals surface area contributed by atoms with Gasteiger partial charge in [-0.2, -0.15) is 5.10 Å². The molecule has 1 saturated carbocycles. The lowest BCUT2D eigenvalue weighted by Crippen LogP contribution is -2.44. The Morgan fingerprint density at radius 2 is 1.88 bits per heavy atom. The first kappa shape index (κ1) is 22.3. The number of nitrogens with zero attached hydrogens (tertiary/aromatic N) is 5. The van der Waals surface area contributed by atoms with Crippen molar-refractivity contribution in [3.05, 3.63) is 60.2 Å². The molecular weight excluding hydrogens is 428 g/mol. The van der Waals surface area contributed by atoms with E-state index in [1.165, 1.54) is 0 Å². The summed E-state index contributed by atoms with van der Waals surface area (Å²) < 4.78 is 0. The van der Waals surface area contributed by atoms with Crippen molar-refractivity contribution in [2.45, 2.75) is 49.7 Å². The van der Waals surface area contributed by atoms with Crippen LogP contribution >= 0.6 is 0 Å². The van der Waals surface area contributed by atoms with Gasteiger partial charge in [-0.3, -0.25) is 5.10 Å². The van der Waals surface area contributed by atoms with E-state index in [1.807, 2.05) is 24.3 Å². The minimum Gasteiger partial charge on any atom is -0.347 e. The lowest BCUT2D eigenvalue weighted by atomic mass is 9.80. The Morgan fingerprint density at radius 3 is 2.65 bits per heavy atom. The Kier molecular flexibility index (Phi) is 6.18. The zero-order valence-corrected chi connectivity index (χ0v) is 19.0. The van der Waals surface area contributed by atoms with Gasteiger partial charge in [0.15, 0.2) is 11.5 Å². The number of anilines is 1.